The molecule has 6 atom stereocenters. The smallest absolute Gasteiger partial charge is 0.462 e. The number of esters is 2. The van der Waals surface area contributed by atoms with E-state index >= 15 is 0 Å². The molecule has 0 radical (unpaired) electrons. The van der Waals surface area contributed by atoms with Crippen molar-refractivity contribution in [1.29, 1.82) is 0 Å². The third kappa shape index (κ3) is 72.9. The first-order valence-corrected chi connectivity index (χ1v) is 47.1. The lowest BCUT2D eigenvalue weighted by Crippen LogP contribution is -2.42. The Morgan fingerprint density at radius 1 is 0.306 bits per heavy atom. The van der Waals surface area contributed by atoms with E-state index < -0.39 is 72.0 Å². The Labute approximate surface area is 657 Å². The summed E-state index contributed by atoms with van der Waals surface area (Å²) in [4.78, 5) is 113. The molecule has 0 spiro atoms. The molecule has 24 heteroatoms. The van der Waals surface area contributed by atoms with Crippen molar-refractivity contribution in [1.82, 2.24) is 21.3 Å². The van der Waals surface area contributed by atoms with Crippen molar-refractivity contribution in [2.75, 3.05) is 52.7 Å². The lowest BCUT2D eigenvalue weighted by atomic mass is 10.0. The second kappa shape index (κ2) is 76.3. The number of ether oxygens (including phenoxy) is 3. The SMILES string of the molecule is CCCCCCCCCCCC(=O)CC(=O)N[C@H](CCCC[C@@H](CCCCCCC)OC(=O)CCCCCCCCCCC)COP(=O)(O)OCCNC(=O)NCCOP(=O)(O)OC[C@@H](COCC[C@@H](CCCCCCC)OC(=O)CCCCCCCCCCC)NC(=O)CC(=O)CCCCCCCCCCC. The Hall–Kier alpha value is -3.33. The van der Waals surface area contributed by atoms with Gasteiger partial charge in [0, 0.05) is 45.2 Å². The fourth-order valence-electron chi connectivity index (χ4n) is 13.2. The summed E-state index contributed by atoms with van der Waals surface area (Å²) < 4.78 is 65.5. The molecule has 2 unspecified atom stereocenters. The van der Waals surface area contributed by atoms with Crippen LogP contribution in [0.25, 0.3) is 0 Å². The van der Waals surface area contributed by atoms with E-state index in [1.165, 1.54) is 141 Å². The zero-order valence-corrected chi connectivity index (χ0v) is 71.3. The van der Waals surface area contributed by atoms with Crippen molar-refractivity contribution < 1.29 is 84.8 Å². The molecule has 0 rings (SSSR count). The molecule has 0 aromatic heterocycles. The Kier molecular flexibility index (Phi) is 74.0. The Morgan fingerprint density at radius 3 is 0.935 bits per heavy atom. The van der Waals surface area contributed by atoms with Gasteiger partial charge in [0.25, 0.3) is 0 Å². The molecule has 0 aromatic rings. The van der Waals surface area contributed by atoms with Crippen LogP contribution in [-0.4, -0.2) is 128 Å². The van der Waals surface area contributed by atoms with Crippen molar-refractivity contribution in [2.24, 2.45) is 0 Å². The van der Waals surface area contributed by atoms with Gasteiger partial charge in [-0.05, 0) is 70.6 Å². The molecular weight excluding hydrogens is 1410 g/mol. The number of carbonyl (C=O) groups excluding carboxylic acids is 7. The average molecular weight is 1580 g/mol. The molecule has 108 heavy (non-hydrogen) atoms. The van der Waals surface area contributed by atoms with Crippen LogP contribution in [0.5, 0.6) is 0 Å². The summed E-state index contributed by atoms with van der Waals surface area (Å²) in [5.74, 6) is -1.90. The third-order valence-corrected chi connectivity index (χ3v) is 21.8. The summed E-state index contributed by atoms with van der Waals surface area (Å²) in [6.45, 7) is 10.8. The first kappa shape index (κ1) is 105. The predicted octanol–water partition coefficient (Wildman–Crippen LogP) is 21.6. The molecule has 0 aliphatic rings. The van der Waals surface area contributed by atoms with Gasteiger partial charge in [-0.1, -0.05) is 305 Å². The van der Waals surface area contributed by atoms with Gasteiger partial charge in [-0.25, -0.2) is 13.9 Å². The number of carbonyl (C=O) groups is 7. The number of Topliss-reactive ketones (excluding diaryl/α,β-unsaturated/α-hetero) is 2. The van der Waals surface area contributed by atoms with Crippen molar-refractivity contribution in [3.8, 4) is 0 Å². The number of amides is 4. The highest BCUT2D eigenvalue weighted by atomic mass is 31.2. The molecule has 0 saturated carbocycles. The van der Waals surface area contributed by atoms with Crippen molar-refractivity contribution in [2.45, 2.75) is 445 Å². The number of ketones is 2. The van der Waals surface area contributed by atoms with Crippen LogP contribution in [0.1, 0.15) is 420 Å². The lowest BCUT2D eigenvalue weighted by molar-refractivity contribution is -0.151. The van der Waals surface area contributed by atoms with Crippen molar-refractivity contribution >= 4 is 57.0 Å². The molecule has 0 aliphatic heterocycles. The van der Waals surface area contributed by atoms with Crippen LogP contribution in [-0.2, 0) is 70.2 Å². The van der Waals surface area contributed by atoms with Crippen LogP contribution in [0, 0.1) is 0 Å². The van der Waals surface area contributed by atoms with Crippen LogP contribution in [0.2, 0.25) is 0 Å². The van der Waals surface area contributed by atoms with Crippen LogP contribution < -0.4 is 21.3 Å². The molecule has 0 bridgehead atoms. The number of nitrogens with one attached hydrogen (secondary N) is 4. The van der Waals surface area contributed by atoms with Crippen LogP contribution in [0.3, 0.4) is 0 Å². The van der Waals surface area contributed by atoms with Crippen LogP contribution >= 0.6 is 15.6 Å². The number of rotatable bonds is 84. The standard InChI is InChI=1S/C84H162N4O18P2/c1-7-13-19-25-29-33-37-43-47-56-76(89)69-80(91)87-74(55-53-54-60-78(58-49-41-23-17-11-5)105-82(93)61-51-45-39-35-31-27-21-15-9-3)72-103-107(96,97)101-67-64-85-84(95)86-65-68-102-108(98,99)104-73-75(88-81(92)70-77(90)57-48-44-38-34-30-26-20-14-8-2)71-100-66-63-79(59-50-42-24-18-12-6)106-83(94)62-52-46-40-36-32-28-22-16-10-4/h74-75,78-79H,7-73H2,1-6H3,(H,87,91)(H,88,92)(H,96,97)(H,98,99)(H2,85,86,95)/t74-,75-,78-,79-/m1/s1. The van der Waals surface area contributed by atoms with E-state index in [4.69, 9.17) is 32.3 Å². The molecule has 0 heterocycles. The van der Waals surface area contributed by atoms with Gasteiger partial charge in [-0.15, -0.1) is 0 Å². The molecule has 636 valence electrons. The normalized spacial score (nSPS) is 13.8. The fraction of sp³-hybridized carbons (Fsp3) is 0.917. The molecule has 22 nitrogen and oxygen atoms in total. The number of unbranched alkanes of at least 4 members (excludes halogenated alkanes) is 41. The predicted molar refractivity (Wildman–Crippen MR) is 436 cm³/mol. The highest BCUT2D eigenvalue weighted by molar-refractivity contribution is 7.47. The summed E-state index contributed by atoms with van der Waals surface area (Å²) in [5.41, 5.74) is 0. The lowest BCUT2D eigenvalue weighted by Gasteiger charge is -2.22. The number of hydrogen-bond acceptors (Lipinski definition) is 16. The van der Waals surface area contributed by atoms with Crippen molar-refractivity contribution in [3.63, 3.8) is 0 Å². The second-order valence-electron chi connectivity index (χ2n) is 30.4. The van der Waals surface area contributed by atoms with Gasteiger partial charge >= 0.3 is 33.6 Å². The number of phosphoric ester groups is 2. The van der Waals surface area contributed by atoms with E-state index in [2.05, 4.69) is 62.8 Å². The van der Waals surface area contributed by atoms with Gasteiger partial charge in [-0.2, -0.15) is 0 Å². The Bertz CT molecular complexity index is 2120. The molecule has 0 saturated heterocycles. The zero-order valence-electron chi connectivity index (χ0n) is 69.5. The minimum atomic E-state index is -4.79. The van der Waals surface area contributed by atoms with Gasteiger partial charge in [0.05, 0.1) is 64.6 Å². The fourth-order valence-corrected chi connectivity index (χ4v) is 14.7. The maximum absolute atomic E-state index is 13.3. The maximum Gasteiger partial charge on any atom is 0.472 e. The molecular formula is C84H162N4O18P2. The zero-order chi connectivity index (χ0) is 79.5. The minimum Gasteiger partial charge on any atom is -0.462 e. The quantitative estimate of drug-likeness (QED) is 0.0143. The highest BCUT2D eigenvalue weighted by Gasteiger charge is 2.28. The summed E-state index contributed by atoms with van der Waals surface area (Å²) in [6.07, 6.45) is 55.0. The van der Waals surface area contributed by atoms with E-state index in [0.717, 1.165) is 148 Å². The van der Waals surface area contributed by atoms with E-state index in [1.807, 2.05) is 0 Å². The number of urea groups is 1. The number of phosphoric acid groups is 2. The average Bonchev–Trinajstić information content (AvgIpc) is 0.914. The Balaban J connectivity index is 5.68. The van der Waals surface area contributed by atoms with Gasteiger partial charge in [0.15, 0.2) is 0 Å². The molecule has 0 fully saturated rings. The third-order valence-electron chi connectivity index (χ3n) is 19.8. The first-order valence-electron chi connectivity index (χ1n) is 44.2. The van der Waals surface area contributed by atoms with E-state index in [1.54, 1.807) is 0 Å². The minimum absolute atomic E-state index is 0.153. The molecule has 0 aliphatic carbocycles. The topological polar surface area (TPSA) is 307 Å². The van der Waals surface area contributed by atoms with Gasteiger partial charge in [0.1, 0.15) is 23.8 Å². The summed E-state index contributed by atoms with van der Waals surface area (Å²) in [7, 11) is -9.54. The van der Waals surface area contributed by atoms with E-state index in [0.29, 0.717) is 64.2 Å². The monoisotopic (exact) mass is 1580 g/mol. The van der Waals surface area contributed by atoms with E-state index in [9.17, 15) is 52.5 Å². The Morgan fingerprint density at radius 2 is 0.583 bits per heavy atom. The molecule has 0 aromatic carbocycles. The molecule has 4 amide bonds. The van der Waals surface area contributed by atoms with Crippen LogP contribution in [0.4, 0.5) is 4.79 Å². The largest absolute Gasteiger partial charge is 0.472 e. The summed E-state index contributed by atoms with van der Waals surface area (Å²) in [6, 6.07) is -2.49. The highest BCUT2D eigenvalue weighted by Crippen LogP contribution is 2.44. The number of hydrogen-bond donors (Lipinski definition) is 6. The van der Waals surface area contributed by atoms with Gasteiger partial charge in [-0.3, -0.25) is 46.9 Å². The summed E-state index contributed by atoms with van der Waals surface area (Å²) in [5, 5.41) is 10.5. The van der Waals surface area contributed by atoms with Crippen LogP contribution in [0.15, 0.2) is 0 Å². The van der Waals surface area contributed by atoms with Gasteiger partial charge < -0.3 is 45.3 Å². The van der Waals surface area contributed by atoms with Crippen molar-refractivity contribution in [3.05, 3.63) is 0 Å². The summed E-state index contributed by atoms with van der Waals surface area (Å²) >= 11 is 0. The second-order valence-corrected chi connectivity index (χ2v) is 33.3. The van der Waals surface area contributed by atoms with Gasteiger partial charge in [0.2, 0.25) is 11.8 Å². The van der Waals surface area contributed by atoms with E-state index in [-0.39, 0.29) is 87.7 Å². The molecule has 6 N–H and O–H groups in total. The first-order chi connectivity index (χ1) is 52.3. The maximum atomic E-state index is 13.3.